The zero-order valence-electron chi connectivity index (χ0n) is 11.3. The molecule has 4 nitrogen and oxygen atoms in total. The van der Waals surface area contributed by atoms with E-state index in [-0.39, 0.29) is 12.0 Å². The van der Waals surface area contributed by atoms with Gasteiger partial charge in [-0.1, -0.05) is 11.6 Å². The van der Waals surface area contributed by atoms with E-state index in [0.717, 1.165) is 5.75 Å². The molecule has 0 radical (unpaired) electrons. The van der Waals surface area contributed by atoms with Gasteiger partial charge in [-0.05, 0) is 50.2 Å². The van der Waals surface area contributed by atoms with E-state index in [2.05, 4.69) is 10.3 Å². The number of carbonyl (C=O) groups is 1. The molecule has 104 valence electrons. The van der Waals surface area contributed by atoms with Crippen molar-refractivity contribution in [1.82, 2.24) is 4.98 Å². The van der Waals surface area contributed by atoms with Crippen LogP contribution in [0.4, 0.5) is 5.82 Å². The van der Waals surface area contributed by atoms with E-state index in [1.165, 1.54) is 6.20 Å². The number of nitrogens with zero attached hydrogens (tertiary/aromatic N) is 1. The van der Waals surface area contributed by atoms with Crippen molar-refractivity contribution in [1.29, 1.82) is 0 Å². The molecule has 2 aromatic rings. The Bertz CT molecular complexity index is 597. The van der Waals surface area contributed by atoms with Crippen LogP contribution in [-0.2, 0) is 0 Å². The van der Waals surface area contributed by atoms with Crippen LogP contribution >= 0.6 is 11.6 Å². The zero-order valence-corrected chi connectivity index (χ0v) is 12.0. The van der Waals surface area contributed by atoms with Crippen molar-refractivity contribution in [3.63, 3.8) is 0 Å². The van der Waals surface area contributed by atoms with Crippen LogP contribution in [0.15, 0.2) is 42.6 Å². The second-order valence-corrected chi connectivity index (χ2v) is 4.94. The smallest absolute Gasteiger partial charge is 0.256 e. The van der Waals surface area contributed by atoms with E-state index in [1.807, 2.05) is 13.8 Å². The van der Waals surface area contributed by atoms with Crippen molar-refractivity contribution in [2.45, 2.75) is 20.0 Å². The molecule has 0 aliphatic carbocycles. The average molecular weight is 291 g/mol. The molecule has 5 heteroatoms. The lowest BCUT2D eigenvalue weighted by atomic mass is 10.2. The highest BCUT2D eigenvalue weighted by molar-refractivity contribution is 6.30. The minimum atomic E-state index is -0.240. The van der Waals surface area contributed by atoms with E-state index in [0.29, 0.717) is 16.4 Å². The second-order valence-electron chi connectivity index (χ2n) is 4.50. The van der Waals surface area contributed by atoms with E-state index in [4.69, 9.17) is 16.3 Å². The number of benzene rings is 1. The highest BCUT2D eigenvalue weighted by Gasteiger charge is 2.07. The molecule has 2 rings (SSSR count). The molecular formula is C15H15ClN2O2. The fourth-order valence-electron chi connectivity index (χ4n) is 1.62. The van der Waals surface area contributed by atoms with Crippen molar-refractivity contribution in [3.05, 3.63) is 53.2 Å². The first-order chi connectivity index (χ1) is 9.54. The number of nitrogens with one attached hydrogen (secondary N) is 1. The number of amides is 1. The molecule has 0 unspecified atom stereocenters. The Morgan fingerprint density at radius 1 is 1.25 bits per heavy atom. The molecule has 1 heterocycles. The maximum atomic E-state index is 12.0. The number of aromatic nitrogens is 1. The Kier molecular flexibility index (Phi) is 4.58. The summed E-state index contributed by atoms with van der Waals surface area (Å²) in [5, 5.41) is 3.21. The fraction of sp³-hybridized carbons (Fsp3) is 0.200. The number of rotatable bonds is 4. The molecular weight excluding hydrogens is 276 g/mol. The molecule has 0 bridgehead atoms. The largest absolute Gasteiger partial charge is 0.491 e. The summed E-state index contributed by atoms with van der Waals surface area (Å²) >= 11 is 5.84. The third-order valence-corrected chi connectivity index (χ3v) is 2.69. The molecule has 0 fully saturated rings. The maximum Gasteiger partial charge on any atom is 0.256 e. The third-order valence-electron chi connectivity index (χ3n) is 2.45. The van der Waals surface area contributed by atoms with Gasteiger partial charge in [0.05, 0.1) is 6.10 Å². The van der Waals surface area contributed by atoms with E-state index >= 15 is 0 Å². The first-order valence-corrected chi connectivity index (χ1v) is 6.62. The van der Waals surface area contributed by atoms with E-state index in [9.17, 15) is 4.79 Å². The number of hydrogen-bond acceptors (Lipinski definition) is 3. The Morgan fingerprint density at radius 2 is 1.95 bits per heavy atom. The summed E-state index contributed by atoms with van der Waals surface area (Å²) in [5.74, 6) is 0.915. The summed E-state index contributed by atoms with van der Waals surface area (Å²) in [7, 11) is 0. The molecule has 0 aliphatic rings. The number of pyridine rings is 1. The van der Waals surface area contributed by atoms with Crippen LogP contribution in [0.1, 0.15) is 24.2 Å². The van der Waals surface area contributed by atoms with Gasteiger partial charge < -0.3 is 10.1 Å². The van der Waals surface area contributed by atoms with Crippen LogP contribution in [0.2, 0.25) is 5.02 Å². The van der Waals surface area contributed by atoms with Gasteiger partial charge in [0.1, 0.15) is 11.6 Å². The maximum absolute atomic E-state index is 12.0. The summed E-state index contributed by atoms with van der Waals surface area (Å²) in [5.41, 5.74) is 0.530. The lowest BCUT2D eigenvalue weighted by Gasteiger charge is -2.10. The molecule has 0 atom stereocenters. The normalized spacial score (nSPS) is 10.4. The zero-order chi connectivity index (χ0) is 14.5. The van der Waals surface area contributed by atoms with Crippen molar-refractivity contribution in [3.8, 4) is 5.75 Å². The minimum absolute atomic E-state index is 0.102. The molecule has 20 heavy (non-hydrogen) atoms. The molecule has 1 N–H and O–H groups in total. The summed E-state index contributed by atoms with van der Waals surface area (Å²) in [4.78, 5) is 16.0. The van der Waals surface area contributed by atoms with Crippen molar-refractivity contribution in [2.75, 3.05) is 5.32 Å². The summed E-state index contributed by atoms with van der Waals surface area (Å²) in [6.07, 6.45) is 1.64. The van der Waals surface area contributed by atoms with Crippen molar-refractivity contribution in [2.24, 2.45) is 0 Å². The quantitative estimate of drug-likeness (QED) is 0.932. The molecule has 1 aromatic heterocycles. The molecule has 0 saturated carbocycles. The standard InChI is InChI=1S/C15H15ClN2O2/c1-10(2)20-13-5-3-11(4-6-13)15(19)18-14-9-12(16)7-8-17-14/h3-10H,1-2H3,(H,17,18,19). The van der Waals surface area contributed by atoms with Gasteiger partial charge in [-0.2, -0.15) is 0 Å². The highest BCUT2D eigenvalue weighted by Crippen LogP contribution is 2.16. The van der Waals surface area contributed by atoms with Crippen LogP contribution in [0, 0.1) is 0 Å². The number of carbonyl (C=O) groups excluding carboxylic acids is 1. The first-order valence-electron chi connectivity index (χ1n) is 6.24. The highest BCUT2D eigenvalue weighted by atomic mass is 35.5. The summed E-state index contributed by atoms with van der Waals surface area (Å²) in [6, 6.07) is 10.2. The number of halogens is 1. The molecule has 0 spiro atoms. The third kappa shape index (κ3) is 3.96. The molecule has 1 amide bonds. The van der Waals surface area contributed by atoms with E-state index < -0.39 is 0 Å². The van der Waals surface area contributed by atoms with Crippen LogP contribution < -0.4 is 10.1 Å². The number of anilines is 1. The Balaban J connectivity index is 2.06. The van der Waals surface area contributed by atoms with Gasteiger partial charge in [0, 0.05) is 16.8 Å². The Hall–Kier alpha value is -2.07. The van der Waals surface area contributed by atoms with Gasteiger partial charge in [-0.3, -0.25) is 4.79 Å². The van der Waals surface area contributed by atoms with Crippen LogP contribution in [0.25, 0.3) is 0 Å². The van der Waals surface area contributed by atoms with Crippen LogP contribution in [0.5, 0.6) is 5.75 Å². The summed E-state index contributed by atoms with van der Waals surface area (Å²) in [6.45, 7) is 3.90. The molecule has 0 aliphatic heterocycles. The van der Waals surface area contributed by atoms with Gasteiger partial charge in [0.25, 0.3) is 5.91 Å². The SMILES string of the molecule is CC(C)Oc1ccc(C(=O)Nc2cc(Cl)ccn2)cc1. The van der Waals surface area contributed by atoms with E-state index in [1.54, 1.807) is 36.4 Å². The fourth-order valence-corrected chi connectivity index (χ4v) is 1.78. The molecule has 0 saturated heterocycles. The lowest BCUT2D eigenvalue weighted by Crippen LogP contribution is -2.13. The van der Waals surface area contributed by atoms with Gasteiger partial charge in [-0.15, -0.1) is 0 Å². The minimum Gasteiger partial charge on any atom is -0.491 e. The van der Waals surface area contributed by atoms with Gasteiger partial charge in [0.15, 0.2) is 0 Å². The average Bonchev–Trinajstić information content (AvgIpc) is 2.38. The van der Waals surface area contributed by atoms with Crippen LogP contribution in [0.3, 0.4) is 0 Å². The predicted molar refractivity (Wildman–Crippen MR) is 79.4 cm³/mol. The predicted octanol–water partition coefficient (Wildman–Crippen LogP) is 3.77. The number of ether oxygens (including phenoxy) is 1. The van der Waals surface area contributed by atoms with Gasteiger partial charge >= 0.3 is 0 Å². The molecule has 1 aromatic carbocycles. The van der Waals surface area contributed by atoms with Gasteiger partial charge in [0.2, 0.25) is 0 Å². The Labute approximate surface area is 122 Å². The Morgan fingerprint density at radius 3 is 2.55 bits per heavy atom. The topological polar surface area (TPSA) is 51.2 Å². The number of hydrogen-bond donors (Lipinski definition) is 1. The second kappa shape index (κ2) is 6.39. The monoisotopic (exact) mass is 290 g/mol. The van der Waals surface area contributed by atoms with Crippen molar-refractivity contribution >= 4 is 23.3 Å². The van der Waals surface area contributed by atoms with Crippen molar-refractivity contribution < 1.29 is 9.53 Å². The summed E-state index contributed by atoms with van der Waals surface area (Å²) < 4.78 is 5.52. The lowest BCUT2D eigenvalue weighted by molar-refractivity contribution is 0.102. The van der Waals surface area contributed by atoms with Crippen LogP contribution in [-0.4, -0.2) is 17.0 Å². The van der Waals surface area contributed by atoms with Gasteiger partial charge in [-0.25, -0.2) is 4.98 Å². The first kappa shape index (κ1) is 14.3.